The predicted molar refractivity (Wildman–Crippen MR) is 87.8 cm³/mol. The number of nitro groups is 1. The zero-order valence-corrected chi connectivity index (χ0v) is 12.9. The molecule has 1 N–H and O–H groups in total. The van der Waals surface area contributed by atoms with Crippen LogP contribution in [0.5, 0.6) is 5.75 Å². The van der Waals surface area contributed by atoms with Gasteiger partial charge in [0.2, 0.25) is 0 Å². The van der Waals surface area contributed by atoms with E-state index in [9.17, 15) is 19.3 Å². The van der Waals surface area contributed by atoms with Crippen LogP contribution in [0, 0.1) is 15.9 Å². The third kappa shape index (κ3) is 4.39. The molecule has 2 aromatic rings. The SMILES string of the molecule is CCOc1ccc(NC=CC(=O)c2ccc(F)cc2)c([N+](=O)[O-])c1. The van der Waals surface area contributed by atoms with Gasteiger partial charge in [-0.2, -0.15) is 0 Å². The Morgan fingerprint density at radius 2 is 2.00 bits per heavy atom. The topological polar surface area (TPSA) is 81.5 Å². The molecule has 0 aliphatic rings. The summed E-state index contributed by atoms with van der Waals surface area (Å²) in [5.74, 6) is -0.393. The summed E-state index contributed by atoms with van der Waals surface area (Å²) in [6.07, 6.45) is 2.52. The molecule has 0 atom stereocenters. The Morgan fingerprint density at radius 3 is 2.62 bits per heavy atom. The fourth-order valence-corrected chi connectivity index (χ4v) is 1.96. The smallest absolute Gasteiger partial charge is 0.296 e. The van der Waals surface area contributed by atoms with E-state index in [1.165, 1.54) is 48.7 Å². The first-order valence-electron chi connectivity index (χ1n) is 7.15. The number of hydrogen-bond acceptors (Lipinski definition) is 5. The van der Waals surface area contributed by atoms with Crippen LogP contribution < -0.4 is 10.1 Å². The summed E-state index contributed by atoms with van der Waals surface area (Å²) in [4.78, 5) is 22.5. The quantitative estimate of drug-likeness (QED) is 0.360. The van der Waals surface area contributed by atoms with Crippen molar-refractivity contribution < 1.29 is 18.8 Å². The van der Waals surface area contributed by atoms with Gasteiger partial charge in [0.05, 0.1) is 17.6 Å². The first-order valence-corrected chi connectivity index (χ1v) is 7.15. The number of hydrogen-bond donors (Lipinski definition) is 1. The average molecular weight is 330 g/mol. The average Bonchev–Trinajstić information content (AvgIpc) is 2.56. The Kier molecular flexibility index (Phi) is 5.62. The molecule has 2 rings (SSSR count). The molecule has 0 aliphatic heterocycles. The van der Waals surface area contributed by atoms with Crippen molar-refractivity contribution in [2.24, 2.45) is 0 Å². The van der Waals surface area contributed by atoms with Gasteiger partial charge < -0.3 is 10.1 Å². The van der Waals surface area contributed by atoms with E-state index in [1.54, 1.807) is 13.0 Å². The van der Waals surface area contributed by atoms with E-state index in [2.05, 4.69) is 5.32 Å². The van der Waals surface area contributed by atoms with Crippen molar-refractivity contribution in [2.45, 2.75) is 6.92 Å². The van der Waals surface area contributed by atoms with Crippen LogP contribution in [-0.4, -0.2) is 17.3 Å². The molecule has 0 aliphatic carbocycles. The second-order valence-electron chi connectivity index (χ2n) is 4.72. The highest BCUT2D eigenvalue weighted by Gasteiger charge is 2.14. The van der Waals surface area contributed by atoms with Crippen LogP contribution in [0.2, 0.25) is 0 Å². The molecule has 0 spiro atoms. The fourth-order valence-electron chi connectivity index (χ4n) is 1.96. The molecule has 0 unspecified atom stereocenters. The number of nitro benzene ring substituents is 1. The molecule has 0 saturated heterocycles. The molecule has 0 fully saturated rings. The molecule has 6 nitrogen and oxygen atoms in total. The number of benzene rings is 2. The summed E-state index contributed by atoms with van der Waals surface area (Å²) >= 11 is 0. The van der Waals surface area contributed by atoms with Crippen LogP contribution in [-0.2, 0) is 0 Å². The van der Waals surface area contributed by atoms with E-state index < -0.39 is 10.7 Å². The van der Waals surface area contributed by atoms with Crippen molar-refractivity contribution in [2.75, 3.05) is 11.9 Å². The van der Waals surface area contributed by atoms with E-state index in [0.29, 0.717) is 17.9 Å². The maximum Gasteiger partial charge on any atom is 0.296 e. The summed E-state index contributed by atoms with van der Waals surface area (Å²) in [6.45, 7) is 2.18. The van der Waals surface area contributed by atoms with E-state index >= 15 is 0 Å². The van der Waals surface area contributed by atoms with Gasteiger partial charge in [-0.15, -0.1) is 0 Å². The van der Waals surface area contributed by atoms with Gasteiger partial charge in [0.15, 0.2) is 5.78 Å². The highest BCUT2D eigenvalue weighted by atomic mass is 19.1. The highest BCUT2D eigenvalue weighted by molar-refractivity contribution is 6.04. The number of nitrogens with one attached hydrogen (secondary N) is 1. The van der Waals surface area contributed by atoms with Crippen molar-refractivity contribution in [3.05, 3.63) is 76.2 Å². The zero-order chi connectivity index (χ0) is 17.5. The summed E-state index contributed by atoms with van der Waals surface area (Å²) in [5, 5.41) is 13.8. The number of carbonyl (C=O) groups excluding carboxylic acids is 1. The predicted octanol–water partition coefficient (Wildman–Crippen LogP) is 3.94. The van der Waals surface area contributed by atoms with E-state index in [-0.39, 0.29) is 17.2 Å². The van der Waals surface area contributed by atoms with Crippen molar-refractivity contribution in [1.29, 1.82) is 0 Å². The molecule has 124 valence electrons. The molecule has 24 heavy (non-hydrogen) atoms. The molecular weight excluding hydrogens is 315 g/mol. The minimum Gasteiger partial charge on any atom is -0.494 e. The molecule has 0 amide bonds. The Labute approximate surface area is 137 Å². The van der Waals surface area contributed by atoms with Crippen molar-refractivity contribution in [3.63, 3.8) is 0 Å². The van der Waals surface area contributed by atoms with Gasteiger partial charge in [-0.05, 0) is 43.3 Å². The molecule has 2 aromatic carbocycles. The maximum absolute atomic E-state index is 12.8. The van der Waals surface area contributed by atoms with E-state index in [1.807, 2.05) is 0 Å². The Morgan fingerprint density at radius 1 is 1.29 bits per heavy atom. The van der Waals surface area contributed by atoms with Gasteiger partial charge in [0, 0.05) is 17.8 Å². The monoisotopic (exact) mass is 330 g/mol. The first-order chi connectivity index (χ1) is 11.5. The third-order valence-corrected chi connectivity index (χ3v) is 3.08. The van der Waals surface area contributed by atoms with Gasteiger partial charge in [-0.1, -0.05) is 0 Å². The highest BCUT2D eigenvalue weighted by Crippen LogP contribution is 2.29. The normalized spacial score (nSPS) is 10.6. The molecular formula is C17H15FN2O4. The standard InChI is InChI=1S/C17H15FN2O4/c1-2-24-14-7-8-15(16(11-14)20(22)23)19-10-9-17(21)12-3-5-13(18)6-4-12/h3-11,19H,2H2,1H3. The number of ketones is 1. The van der Waals surface area contributed by atoms with Crippen LogP contribution in [0.15, 0.2) is 54.7 Å². The number of nitrogens with zero attached hydrogens (tertiary/aromatic N) is 1. The Balaban J connectivity index is 2.11. The lowest BCUT2D eigenvalue weighted by Crippen LogP contribution is -2.00. The van der Waals surface area contributed by atoms with Crippen LogP contribution in [0.1, 0.15) is 17.3 Å². The van der Waals surface area contributed by atoms with Gasteiger partial charge in [-0.25, -0.2) is 4.39 Å². The van der Waals surface area contributed by atoms with Crippen LogP contribution >= 0.6 is 0 Å². The van der Waals surface area contributed by atoms with Crippen LogP contribution in [0.25, 0.3) is 0 Å². The van der Waals surface area contributed by atoms with E-state index in [0.717, 1.165) is 0 Å². The second kappa shape index (κ2) is 7.87. The van der Waals surface area contributed by atoms with Crippen LogP contribution in [0.4, 0.5) is 15.8 Å². The number of ether oxygens (including phenoxy) is 1. The third-order valence-electron chi connectivity index (χ3n) is 3.08. The number of rotatable bonds is 7. The van der Waals surface area contributed by atoms with Crippen molar-refractivity contribution in [1.82, 2.24) is 0 Å². The lowest BCUT2D eigenvalue weighted by atomic mass is 10.1. The summed E-state index contributed by atoms with van der Waals surface area (Å²) in [5.41, 5.74) is 0.377. The fraction of sp³-hybridized carbons (Fsp3) is 0.118. The Bertz CT molecular complexity index is 773. The molecule has 0 saturated carbocycles. The van der Waals surface area contributed by atoms with Crippen molar-refractivity contribution in [3.8, 4) is 5.75 Å². The molecule has 0 aromatic heterocycles. The van der Waals surface area contributed by atoms with Gasteiger partial charge in [0.1, 0.15) is 17.3 Å². The van der Waals surface area contributed by atoms with Gasteiger partial charge in [0.25, 0.3) is 5.69 Å². The largest absolute Gasteiger partial charge is 0.494 e. The molecule has 7 heteroatoms. The van der Waals surface area contributed by atoms with Crippen LogP contribution in [0.3, 0.4) is 0 Å². The molecule has 0 bridgehead atoms. The Hall–Kier alpha value is -3.22. The number of anilines is 1. The number of halogens is 1. The number of allylic oxidation sites excluding steroid dienone is 1. The number of carbonyl (C=O) groups is 1. The molecule has 0 radical (unpaired) electrons. The maximum atomic E-state index is 12.8. The summed E-state index contributed by atoms with van der Waals surface area (Å²) in [7, 11) is 0. The minimum absolute atomic E-state index is 0.167. The lowest BCUT2D eigenvalue weighted by Gasteiger charge is -2.06. The zero-order valence-electron chi connectivity index (χ0n) is 12.9. The first kappa shape index (κ1) is 17.1. The van der Waals surface area contributed by atoms with Crippen molar-refractivity contribution >= 4 is 17.2 Å². The van der Waals surface area contributed by atoms with E-state index in [4.69, 9.17) is 4.74 Å². The minimum atomic E-state index is -0.541. The van der Waals surface area contributed by atoms with Gasteiger partial charge in [-0.3, -0.25) is 14.9 Å². The van der Waals surface area contributed by atoms with Gasteiger partial charge >= 0.3 is 0 Å². The summed E-state index contributed by atoms with van der Waals surface area (Å²) in [6, 6.07) is 9.49. The molecule has 0 heterocycles. The lowest BCUT2D eigenvalue weighted by molar-refractivity contribution is -0.384. The summed E-state index contributed by atoms with van der Waals surface area (Å²) < 4.78 is 18.0. The second-order valence-corrected chi connectivity index (χ2v) is 4.72.